The fourth-order valence-corrected chi connectivity index (χ4v) is 0.861. The molecule has 1 aromatic carbocycles. The van der Waals surface area contributed by atoms with Gasteiger partial charge in [-0.1, -0.05) is 12.1 Å². The Morgan fingerprint density at radius 1 is 1.50 bits per heavy atom. The van der Waals surface area contributed by atoms with E-state index in [2.05, 4.69) is 12.1 Å². The number of hydrogen-bond donors (Lipinski definition) is 0. The normalized spacial score (nSPS) is 8.92. The Morgan fingerprint density at radius 3 is 2.67 bits per heavy atom. The molecule has 0 aliphatic rings. The van der Waals surface area contributed by atoms with Gasteiger partial charge in [0.15, 0.2) is 5.78 Å². The molecule has 0 radical (unpaired) electrons. The number of nitrogens with zero attached hydrogens (tertiary/aromatic N) is 1. The lowest BCUT2D eigenvalue weighted by molar-refractivity contribution is 0.101. The molecular formula is C10H11NO. The topological polar surface area (TPSA) is 20.3 Å². The fourth-order valence-electron chi connectivity index (χ4n) is 0.861. The van der Waals surface area contributed by atoms with Gasteiger partial charge in [0.05, 0.1) is 5.56 Å². The van der Waals surface area contributed by atoms with E-state index in [4.69, 9.17) is 0 Å². The van der Waals surface area contributed by atoms with Crippen LogP contribution in [0.5, 0.6) is 0 Å². The molecule has 1 rings (SSSR count). The molecular weight excluding hydrogens is 150 g/mol. The minimum Gasteiger partial charge on any atom is -0.377 e. The van der Waals surface area contributed by atoms with Crippen LogP contribution in [0.3, 0.4) is 0 Å². The number of Topliss-reactive ketones (excluding diaryl/α,β-unsaturated/α-hetero) is 1. The van der Waals surface area contributed by atoms with Crippen LogP contribution in [0, 0.1) is 12.1 Å². The highest BCUT2D eigenvalue weighted by Gasteiger charge is 2.00. The molecule has 62 valence electrons. The van der Waals surface area contributed by atoms with Gasteiger partial charge in [-0.05, 0) is 13.0 Å². The van der Waals surface area contributed by atoms with Crippen molar-refractivity contribution in [1.29, 1.82) is 0 Å². The van der Waals surface area contributed by atoms with Crippen LogP contribution >= 0.6 is 0 Å². The van der Waals surface area contributed by atoms with Crippen molar-refractivity contribution in [1.82, 2.24) is 0 Å². The van der Waals surface area contributed by atoms with E-state index in [0.29, 0.717) is 5.56 Å². The fraction of sp³-hybridized carbons (Fsp3) is 0.300. The Kier molecular flexibility index (Phi) is 2.35. The molecule has 0 atom stereocenters. The van der Waals surface area contributed by atoms with Crippen molar-refractivity contribution in [2.75, 3.05) is 19.0 Å². The molecule has 1 aromatic rings. The van der Waals surface area contributed by atoms with E-state index in [1.54, 1.807) is 12.1 Å². The van der Waals surface area contributed by atoms with E-state index in [1.807, 2.05) is 19.0 Å². The van der Waals surface area contributed by atoms with Crippen molar-refractivity contribution in [2.24, 2.45) is 0 Å². The minimum absolute atomic E-state index is 0.0231. The van der Waals surface area contributed by atoms with Crippen LogP contribution in [0.25, 0.3) is 0 Å². The lowest BCUT2D eigenvalue weighted by atomic mass is 10.2. The van der Waals surface area contributed by atoms with Crippen LogP contribution in [0.1, 0.15) is 17.3 Å². The van der Waals surface area contributed by atoms with Crippen LogP contribution in [-0.4, -0.2) is 19.9 Å². The number of rotatable bonds is 2. The molecule has 0 saturated heterocycles. The van der Waals surface area contributed by atoms with E-state index < -0.39 is 0 Å². The molecule has 12 heavy (non-hydrogen) atoms. The van der Waals surface area contributed by atoms with Gasteiger partial charge in [0.25, 0.3) is 0 Å². The molecule has 0 heterocycles. The summed E-state index contributed by atoms with van der Waals surface area (Å²) in [5.41, 5.74) is 1.56. The van der Waals surface area contributed by atoms with E-state index in [9.17, 15) is 4.79 Å². The molecule has 0 aromatic heterocycles. The molecule has 0 spiro atoms. The summed E-state index contributed by atoms with van der Waals surface area (Å²) in [7, 11) is 3.85. The zero-order chi connectivity index (χ0) is 9.14. The average molecular weight is 161 g/mol. The van der Waals surface area contributed by atoms with Gasteiger partial charge in [0, 0.05) is 25.8 Å². The van der Waals surface area contributed by atoms with Crippen LogP contribution in [-0.2, 0) is 0 Å². The summed E-state index contributed by atoms with van der Waals surface area (Å²) >= 11 is 0. The van der Waals surface area contributed by atoms with Crippen molar-refractivity contribution in [3.05, 3.63) is 29.8 Å². The van der Waals surface area contributed by atoms with Gasteiger partial charge in [-0.2, -0.15) is 0 Å². The largest absolute Gasteiger partial charge is 0.377 e. The van der Waals surface area contributed by atoms with Crippen LogP contribution in [0.2, 0.25) is 0 Å². The second-order valence-electron chi connectivity index (χ2n) is 2.85. The van der Waals surface area contributed by atoms with Crippen molar-refractivity contribution in [3.63, 3.8) is 0 Å². The Balaban J connectivity index is 3.04. The maximum Gasteiger partial charge on any atom is 0.168 e. The summed E-state index contributed by atoms with van der Waals surface area (Å²) < 4.78 is 0. The van der Waals surface area contributed by atoms with Crippen molar-refractivity contribution in [2.45, 2.75) is 6.92 Å². The second kappa shape index (κ2) is 3.27. The average Bonchev–Trinajstić information content (AvgIpc) is 2.04. The lowest BCUT2D eigenvalue weighted by Gasteiger charge is -2.10. The monoisotopic (exact) mass is 161 g/mol. The Hall–Kier alpha value is -1.49. The highest BCUT2D eigenvalue weighted by Crippen LogP contribution is 2.10. The molecule has 0 unspecified atom stereocenters. The van der Waals surface area contributed by atoms with Crippen LogP contribution in [0.4, 0.5) is 5.69 Å². The molecule has 0 saturated carbocycles. The summed E-state index contributed by atoms with van der Waals surface area (Å²) in [5.74, 6) is 0.0231. The zero-order valence-corrected chi connectivity index (χ0v) is 7.51. The van der Waals surface area contributed by atoms with Crippen molar-refractivity contribution < 1.29 is 4.79 Å². The predicted octanol–water partition coefficient (Wildman–Crippen LogP) is 1.56. The molecule has 2 nitrogen and oxygen atoms in total. The van der Waals surface area contributed by atoms with Crippen LogP contribution in [0.15, 0.2) is 12.1 Å². The number of carbonyl (C=O) groups excluding carboxylic acids is 1. The molecule has 0 fully saturated rings. The van der Waals surface area contributed by atoms with Gasteiger partial charge >= 0.3 is 0 Å². The van der Waals surface area contributed by atoms with Gasteiger partial charge in [-0.25, -0.2) is 0 Å². The number of carbonyl (C=O) groups is 1. The smallest absolute Gasteiger partial charge is 0.168 e. The predicted molar refractivity (Wildman–Crippen MR) is 48.4 cm³/mol. The summed E-state index contributed by atoms with van der Waals surface area (Å²) in [6, 6.07) is 9.17. The number of hydrogen-bond acceptors (Lipinski definition) is 2. The van der Waals surface area contributed by atoms with Gasteiger partial charge in [0.1, 0.15) is 0 Å². The lowest BCUT2D eigenvalue weighted by Crippen LogP contribution is -2.08. The van der Waals surface area contributed by atoms with Crippen LogP contribution < -0.4 is 4.90 Å². The minimum atomic E-state index is 0.0231. The first-order valence-electron chi connectivity index (χ1n) is 3.73. The first-order valence-corrected chi connectivity index (χ1v) is 3.73. The maximum absolute atomic E-state index is 11.0. The van der Waals surface area contributed by atoms with E-state index >= 15 is 0 Å². The SMILES string of the molecule is CC(=O)c1c#ccc(N(C)C)c1. The van der Waals surface area contributed by atoms with Crippen molar-refractivity contribution in [3.8, 4) is 0 Å². The van der Waals surface area contributed by atoms with E-state index in [0.717, 1.165) is 5.69 Å². The molecule has 0 bridgehead atoms. The molecule has 2 heteroatoms. The zero-order valence-electron chi connectivity index (χ0n) is 7.51. The van der Waals surface area contributed by atoms with E-state index in [-0.39, 0.29) is 5.78 Å². The molecule has 0 amide bonds. The van der Waals surface area contributed by atoms with Gasteiger partial charge in [-0.3, -0.25) is 4.79 Å². The third-order valence-electron chi connectivity index (χ3n) is 1.61. The van der Waals surface area contributed by atoms with Gasteiger partial charge in [0.2, 0.25) is 0 Å². The standard InChI is InChI=1S/C10H11NO/c1-8(12)9-5-4-6-10(7-9)11(2)3/h6-7H,1-3H3. The first kappa shape index (κ1) is 8.61. The molecule has 0 N–H and O–H groups in total. The highest BCUT2D eigenvalue weighted by atomic mass is 16.1. The summed E-state index contributed by atoms with van der Waals surface area (Å²) in [6.45, 7) is 1.53. The quantitative estimate of drug-likeness (QED) is 0.613. The summed E-state index contributed by atoms with van der Waals surface area (Å²) in [6.07, 6.45) is 0. The summed E-state index contributed by atoms with van der Waals surface area (Å²) in [4.78, 5) is 12.9. The Bertz CT molecular complexity index is 292. The first-order chi connectivity index (χ1) is 5.61. The Morgan fingerprint density at radius 2 is 2.17 bits per heavy atom. The van der Waals surface area contributed by atoms with Gasteiger partial charge < -0.3 is 4.90 Å². The third kappa shape index (κ3) is 1.76. The number of ketones is 1. The number of anilines is 1. The highest BCUT2D eigenvalue weighted by molar-refractivity contribution is 5.94. The van der Waals surface area contributed by atoms with E-state index in [1.165, 1.54) is 6.92 Å². The molecule has 0 aliphatic carbocycles. The summed E-state index contributed by atoms with van der Waals surface area (Å²) in [5, 5.41) is 0. The second-order valence-corrected chi connectivity index (χ2v) is 2.85. The van der Waals surface area contributed by atoms with Crippen molar-refractivity contribution >= 4 is 11.5 Å². The molecule has 0 aliphatic heterocycles. The van der Waals surface area contributed by atoms with Gasteiger partial charge in [-0.15, -0.1) is 0 Å². The third-order valence-corrected chi connectivity index (χ3v) is 1.61. The maximum atomic E-state index is 11.0. The Labute approximate surface area is 72.8 Å².